The predicted octanol–water partition coefficient (Wildman–Crippen LogP) is 6.14. The Balaban J connectivity index is 2.07. The lowest BCUT2D eigenvalue weighted by molar-refractivity contribution is -0.140. The number of rotatable bonds is 9. The van der Waals surface area contributed by atoms with E-state index in [1.165, 1.54) is 35.2 Å². The Morgan fingerprint density at radius 1 is 0.900 bits per heavy atom. The number of carbonyl (C=O) groups is 2. The van der Waals surface area contributed by atoms with Crippen LogP contribution in [-0.4, -0.2) is 43.3 Å². The highest BCUT2D eigenvalue weighted by Crippen LogP contribution is 2.31. The van der Waals surface area contributed by atoms with Crippen LogP contribution >= 0.6 is 23.2 Å². The van der Waals surface area contributed by atoms with E-state index in [1.807, 2.05) is 58.9 Å². The summed E-state index contributed by atoms with van der Waals surface area (Å²) in [5, 5.41) is 3.31. The molecule has 2 amide bonds. The van der Waals surface area contributed by atoms with Crippen LogP contribution in [0.4, 0.5) is 5.69 Å². The molecule has 1 N–H and O–H groups in total. The maximum atomic E-state index is 14.0. The van der Waals surface area contributed by atoms with Crippen LogP contribution in [0.5, 0.6) is 0 Å². The van der Waals surface area contributed by atoms with Crippen LogP contribution in [-0.2, 0) is 26.2 Å². The number of nitrogens with one attached hydrogen (secondary N) is 1. The normalized spacial score (nSPS) is 12.5. The molecule has 3 aromatic carbocycles. The molecule has 0 bridgehead atoms. The van der Waals surface area contributed by atoms with Crippen molar-refractivity contribution in [2.45, 2.75) is 64.6 Å². The summed E-state index contributed by atoms with van der Waals surface area (Å²) in [6.45, 7) is 10.5. The summed E-state index contributed by atoms with van der Waals surface area (Å²) in [5.41, 5.74) is 2.34. The van der Waals surface area contributed by atoms with Gasteiger partial charge in [-0.15, -0.1) is 0 Å². The monoisotopic (exact) mass is 603 g/mol. The van der Waals surface area contributed by atoms with Gasteiger partial charge in [0.15, 0.2) is 0 Å². The molecule has 0 heterocycles. The molecule has 0 radical (unpaired) electrons. The van der Waals surface area contributed by atoms with Crippen LogP contribution in [0.3, 0.4) is 0 Å². The number of carbonyl (C=O) groups excluding carboxylic acids is 2. The first-order chi connectivity index (χ1) is 18.6. The largest absolute Gasteiger partial charge is 0.350 e. The lowest BCUT2D eigenvalue weighted by Gasteiger charge is -2.33. The van der Waals surface area contributed by atoms with E-state index in [4.69, 9.17) is 23.2 Å². The van der Waals surface area contributed by atoms with Crippen LogP contribution in [0.15, 0.2) is 71.6 Å². The molecule has 1 atom stereocenters. The zero-order valence-electron chi connectivity index (χ0n) is 23.5. The second-order valence-corrected chi connectivity index (χ2v) is 13.5. The van der Waals surface area contributed by atoms with Gasteiger partial charge in [-0.3, -0.25) is 13.9 Å². The highest BCUT2D eigenvalue weighted by Gasteiger charge is 2.33. The van der Waals surface area contributed by atoms with E-state index < -0.39 is 34.1 Å². The van der Waals surface area contributed by atoms with Crippen molar-refractivity contribution in [1.29, 1.82) is 0 Å². The average Bonchev–Trinajstić information content (AvgIpc) is 2.86. The van der Waals surface area contributed by atoms with Gasteiger partial charge in [0.05, 0.1) is 20.6 Å². The molecule has 0 aliphatic rings. The highest BCUT2D eigenvalue weighted by molar-refractivity contribution is 7.92. The van der Waals surface area contributed by atoms with Crippen molar-refractivity contribution in [3.8, 4) is 0 Å². The van der Waals surface area contributed by atoms with Crippen molar-refractivity contribution in [3.05, 3.63) is 93.5 Å². The zero-order valence-corrected chi connectivity index (χ0v) is 25.9. The SMILES string of the molecule is Cc1ccc(S(=O)(=O)N(CC(=O)N(Cc2cccc(C)c2)[C@@H](C)C(=O)NC(C)(C)C)c2ccc(Cl)c(Cl)c2)cc1. The fraction of sp³-hybridized carbons (Fsp3) is 0.333. The number of hydrogen-bond acceptors (Lipinski definition) is 4. The first-order valence-electron chi connectivity index (χ1n) is 12.8. The summed E-state index contributed by atoms with van der Waals surface area (Å²) < 4.78 is 28.8. The van der Waals surface area contributed by atoms with Gasteiger partial charge < -0.3 is 10.2 Å². The average molecular weight is 605 g/mol. The number of anilines is 1. The van der Waals surface area contributed by atoms with Gasteiger partial charge in [0.2, 0.25) is 11.8 Å². The second-order valence-electron chi connectivity index (χ2n) is 10.8. The third-order valence-electron chi connectivity index (χ3n) is 6.18. The summed E-state index contributed by atoms with van der Waals surface area (Å²) >= 11 is 12.4. The minimum absolute atomic E-state index is 0.0146. The molecule has 3 rings (SSSR count). The molecular formula is C30H35Cl2N3O4S. The first kappa shape index (κ1) is 31.5. The summed E-state index contributed by atoms with van der Waals surface area (Å²) in [4.78, 5) is 28.6. The smallest absolute Gasteiger partial charge is 0.264 e. The molecule has 0 saturated heterocycles. The van der Waals surface area contributed by atoms with E-state index in [-0.39, 0.29) is 33.1 Å². The van der Waals surface area contributed by atoms with Crippen molar-refractivity contribution < 1.29 is 18.0 Å². The summed E-state index contributed by atoms with van der Waals surface area (Å²) in [5.74, 6) is -0.907. The van der Waals surface area contributed by atoms with E-state index in [0.717, 1.165) is 21.0 Å². The number of sulfonamides is 1. The topological polar surface area (TPSA) is 86.8 Å². The Morgan fingerprint density at radius 2 is 1.55 bits per heavy atom. The number of aryl methyl sites for hydroxylation is 2. The fourth-order valence-electron chi connectivity index (χ4n) is 4.07. The number of benzene rings is 3. The van der Waals surface area contributed by atoms with Gasteiger partial charge in [-0.1, -0.05) is 70.7 Å². The van der Waals surface area contributed by atoms with Gasteiger partial charge >= 0.3 is 0 Å². The molecule has 214 valence electrons. The second kappa shape index (κ2) is 12.6. The molecule has 7 nitrogen and oxygen atoms in total. The molecule has 0 aromatic heterocycles. The standard InChI is InChI=1S/C30H35Cl2N3O4S/c1-20-10-13-25(14-11-20)40(38,39)35(24-12-15-26(31)27(32)17-24)19-28(36)34(18-23-9-7-8-21(2)16-23)22(3)29(37)33-30(4,5)6/h7-17,22H,18-19H2,1-6H3,(H,33,37)/t22-/m0/s1. The third kappa shape index (κ3) is 7.99. The number of amides is 2. The van der Waals surface area contributed by atoms with Crippen molar-refractivity contribution in [2.75, 3.05) is 10.8 Å². The molecule has 0 saturated carbocycles. The molecule has 10 heteroatoms. The third-order valence-corrected chi connectivity index (χ3v) is 8.71. The van der Waals surface area contributed by atoms with E-state index in [2.05, 4.69) is 5.32 Å². The minimum Gasteiger partial charge on any atom is -0.350 e. The highest BCUT2D eigenvalue weighted by atomic mass is 35.5. The number of nitrogens with zero attached hydrogens (tertiary/aromatic N) is 2. The van der Waals surface area contributed by atoms with Crippen LogP contribution in [0.1, 0.15) is 44.4 Å². The van der Waals surface area contributed by atoms with Crippen molar-refractivity contribution in [3.63, 3.8) is 0 Å². The van der Waals surface area contributed by atoms with Crippen molar-refractivity contribution >= 4 is 50.7 Å². The molecule has 0 aliphatic carbocycles. The molecule has 0 fully saturated rings. The molecule has 3 aromatic rings. The molecule has 40 heavy (non-hydrogen) atoms. The van der Waals surface area contributed by atoms with Crippen LogP contribution < -0.4 is 9.62 Å². The Labute approximate surface area is 247 Å². The lowest BCUT2D eigenvalue weighted by Crippen LogP contribution is -2.54. The molecular weight excluding hydrogens is 569 g/mol. The maximum Gasteiger partial charge on any atom is 0.264 e. The quantitative estimate of drug-likeness (QED) is 0.318. The van der Waals surface area contributed by atoms with Crippen LogP contribution in [0.25, 0.3) is 0 Å². The van der Waals surface area contributed by atoms with Crippen molar-refractivity contribution in [2.24, 2.45) is 0 Å². The van der Waals surface area contributed by atoms with E-state index >= 15 is 0 Å². The van der Waals surface area contributed by atoms with Crippen LogP contribution in [0, 0.1) is 13.8 Å². The summed E-state index contributed by atoms with van der Waals surface area (Å²) in [7, 11) is -4.20. The summed E-state index contributed by atoms with van der Waals surface area (Å²) in [6, 6.07) is 17.4. The van der Waals surface area contributed by atoms with Gasteiger partial charge in [-0.05, 0) is 77.4 Å². The van der Waals surface area contributed by atoms with Crippen molar-refractivity contribution in [1.82, 2.24) is 10.2 Å². The van der Waals surface area contributed by atoms with E-state index in [9.17, 15) is 18.0 Å². The number of halogens is 2. The molecule has 0 spiro atoms. The minimum atomic E-state index is -4.20. The number of hydrogen-bond donors (Lipinski definition) is 1. The fourth-order valence-corrected chi connectivity index (χ4v) is 5.77. The Bertz CT molecular complexity index is 1490. The van der Waals surface area contributed by atoms with Gasteiger partial charge in [-0.25, -0.2) is 8.42 Å². The van der Waals surface area contributed by atoms with Gasteiger partial charge in [-0.2, -0.15) is 0 Å². The molecule has 0 aliphatic heterocycles. The lowest BCUT2D eigenvalue weighted by atomic mass is 10.1. The van der Waals surface area contributed by atoms with E-state index in [1.54, 1.807) is 19.1 Å². The van der Waals surface area contributed by atoms with Gasteiger partial charge in [0, 0.05) is 12.1 Å². The Kier molecular flexibility index (Phi) is 9.93. The first-order valence-corrected chi connectivity index (χ1v) is 15.0. The van der Waals surface area contributed by atoms with E-state index in [0.29, 0.717) is 0 Å². The molecule has 0 unspecified atom stereocenters. The maximum absolute atomic E-state index is 14.0. The Hall–Kier alpha value is -3.07. The van der Waals surface area contributed by atoms with Gasteiger partial charge in [0.25, 0.3) is 10.0 Å². The zero-order chi connectivity index (χ0) is 29.8. The predicted molar refractivity (Wildman–Crippen MR) is 161 cm³/mol. The van der Waals surface area contributed by atoms with Crippen LogP contribution in [0.2, 0.25) is 10.0 Å². The summed E-state index contributed by atoms with van der Waals surface area (Å²) in [6.07, 6.45) is 0. The van der Waals surface area contributed by atoms with Gasteiger partial charge in [0.1, 0.15) is 12.6 Å². The Morgan fingerprint density at radius 3 is 2.12 bits per heavy atom.